The molecular weight excluding hydrogens is 230 g/mol. The lowest BCUT2D eigenvalue weighted by Gasteiger charge is -2.19. The van der Waals surface area contributed by atoms with Crippen LogP contribution in [0.1, 0.15) is 31.9 Å². The van der Waals surface area contributed by atoms with Crippen molar-refractivity contribution in [3.05, 3.63) is 29.3 Å². The third kappa shape index (κ3) is 2.48. The van der Waals surface area contributed by atoms with Crippen LogP contribution in [0, 0.1) is 0 Å². The number of carbonyl (C=O) groups is 1. The first-order valence-electron chi connectivity index (χ1n) is 6.03. The average molecular weight is 249 g/mol. The maximum absolute atomic E-state index is 11.0. The van der Waals surface area contributed by atoms with Crippen LogP contribution < -0.4 is 10.5 Å². The number of hydrogen-bond acceptors (Lipinski definition) is 3. The molecule has 0 aromatic heterocycles. The fourth-order valence-electron chi connectivity index (χ4n) is 2.27. The first-order chi connectivity index (χ1) is 8.20. The van der Waals surface area contributed by atoms with Crippen molar-refractivity contribution in [3.8, 4) is 5.75 Å². The molecule has 0 spiro atoms. The molecule has 4 heteroatoms. The topological polar surface area (TPSA) is 72.6 Å². The van der Waals surface area contributed by atoms with Crippen molar-refractivity contribution in [2.75, 3.05) is 0 Å². The van der Waals surface area contributed by atoms with Gasteiger partial charge in [-0.3, -0.25) is 4.79 Å². The largest absolute Gasteiger partial charge is 0.487 e. The maximum Gasteiger partial charge on any atom is 0.323 e. The number of nitrogens with two attached hydrogens (primary N) is 1. The zero-order valence-electron chi connectivity index (χ0n) is 11.0. The van der Waals surface area contributed by atoms with E-state index in [4.69, 9.17) is 15.6 Å². The van der Waals surface area contributed by atoms with Gasteiger partial charge in [0.25, 0.3) is 0 Å². The standard InChI is InChI=1S/C14H19NO3/c1-13(2)8-10-6-9(4-5-11(10)18-13)7-14(3,15)12(16)17/h4-6H,7-8,15H2,1-3H3,(H,16,17)/t14-/m1/s1. The van der Waals surface area contributed by atoms with Crippen LogP contribution >= 0.6 is 0 Å². The Morgan fingerprint density at radius 3 is 2.83 bits per heavy atom. The van der Waals surface area contributed by atoms with Gasteiger partial charge in [0.1, 0.15) is 16.9 Å². The van der Waals surface area contributed by atoms with Crippen molar-refractivity contribution < 1.29 is 14.6 Å². The van der Waals surface area contributed by atoms with Gasteiger partial charge in [-0.25, -0.2) is 0 Å². The van der Waals surface area contributed by atoms with Crippen LogP contribution in [0.25, 0.3) is 0 Å². The Morgan fingerprint density at radius 2 is 2.22 bits per heavy atom. The fourth-order valence-corrected chi connectivity index (χ4v) is 2.27. The summed E-state index contributed by atoms with van der Waals surface area (Å²) in [5.41, 5.74) is 6.40. The molecule has 3 N–H and O–H groups in total. The zero-order valence-corrected chi connectivity index (χ0v) is 11.0. The lowest BCUT2D eigenvalue weighted by atomic mass is 9.92. The Balaban J connectivity index is 2.22. The summed E-state index contributed by atoms with van der Waals surface area (Å²) in [7, 11) is 0. The van der Waals surface area contributed by atoms with Gasteiger partial charge in [-0.1, -0.05) is 12.1 Å². The van der Waals surface area contributed by atoms with Gasteiger partial charge in [0.2, 0.25) is 0 Å². The molecule has 1 atom stereocenters. The number of aliphatic carboxylic acids is 1. The van der Waals surface area contributed by atoms with E-state index >= 15 is 0 Å². The second kappa shape index (κ2) is 3.99. The highest BCUT2D eigenvalue weighted by Crippen LogP contribution is 2.35. The van der Waals surface area contributed by atoms with E-state index in [1.165, 1.54) is 6.92 Å². The SMILES string of the molecule is CC1(C)Cc2cc(C[C@@](C)(N)C(=O)O)ccc2O1. The molecule has 0 saturated carbocycles. The Labute approximate surface area is 107 Å². The summed E-state index contributed by atoms with van der Waals surface area (Å²) in [4.78, 5) is 11.0. The highest BCUT2D eigenvalue weighted by molar-refractivity contribution is 5.78. The molecule has 98 valence electrons. The van der Waals surface area contributed by atoms with Crippen LogP contribution in [0.5, 0.6) is 5.75 Å². The third-order valence-electron chi connectivity index (χ3n) is 3.19. The maximum atomic E-state index is 11.0. The first kappa shape index (κ1) is 12.9. The summed E-state index contributed by atoms with van der Waals surface area (Å²) in [6.45, 7) is 5.61. The molecule has 18 heavy (non-hydrogen) atoms. The monoisotopic (exact) mass is 249 g/mol. The summed E-state index contributed by atoms with van der Waals surface area (Å²) < 4.78 is 5.78. The Kier molecular flexibility index (Phi) is 2.86. The molecule has 2 rings (SSSR count). The van der Waals surface area contributed by atoms with E-state index < -0.39 is 11.5 Å². The Bertz CT molecular complexity index is 492. The number of fused-ring (bicyclic) bond motifs is 1. The number of rotatable bonds is 3. The molecule has 0 unspecified atom stereocenters. The number of hydrogen-bond donors (Lipinski definition) is 2. The van der Waals surface area contributed by atoms with Crippen molar-refractivity contribution in [2.45, 2.75) is 44.8 Å². The van der Waals surface area contributed by atoms with E-state index in [0.717, 1.165) is 23.3 Å². The number of carboxylic acid groups (broad SMARTS) is 1. The molecule has 0 radical (unpaired) electrons. The Hall–Kier alpha value is -1.55. The van der Waals surface area contributed by atoms with E-state index in [2.05, 4.69) is 0 Å². The second-order valence-corrected chi connectivity index (χ2v) is 5.88. The molecule has 1 aliphatic rings. The van der Waals surface area contributed by atoms with Crippen molar-refractivity contribution in [3.63, 3.8) is 0 Å². The molecule has 0 amide bonds. The normalized spacial score (nSPS) is 19.8. The van der Waals surface area contributed by atoms with E-state index in [9.17, 15) is 4.79 Å². The lowest BCUT2D eigenvalue weighted by molar-refractivity contribution is -0.142. The summed E-state index contributed by atoms with van der Waals surface area (Å²) in [5.74, 6) is -0.0997. The smallest absolute Gasteiger partial charge is 0.323 e. The highest BCUT2D eigenvalue weighted by Gasteiger charge is 2.32. The molecule has 0 saturated heterocycles. The van der Waals surface area contributed by atoms with Gasteiger partial charge in [0.05, 0.1) is 0 Å². The summed E-state index contributed by atoms with van der Waals surface area (Å²) in [6.07, 6.45) is 1.15. The van der Waals surface area contributed by atoms with E-state index in [0.29, 0.717) is 6.42 Å². The van der Waals surface area contributed by atoms with E-state index in [1.54, 1.807) is 0 Å². The third-order valence-corrected chi connectivity index (χ3v) is 3.19. The quantitative estimate of drug-likeness (QED) is 0.856. The molecule has 1 aromatic rings. The minimum atomic E-state index is -1.23. The van der Waals surface area contributed by atoms with Gasteiger partial charge in [-0.15, -0.1) is 0 Å². The first-order valence-corrected chi connectivity index (χ1v) is 6.03. The molecule has 1 aromatic carbocycles. The predicted molar refractivity (Wildman–Crippen MR) is 68.8 cm³/mol. The van der Waals surface area contributed by atoms with Crippen LogP contribution in [0.2, 0.25) is 0 Å². The second-order valence-electron chi connectivity index (χ2n) is 5.88. The average Bonchev–Trinajstić information content (AvgIpc) is 2.50. The zero-order chi connectivity index (χ0) is 13.6. The minimum Gasteiger partial charge on any atom is -0.487 e. The highest BCUT2D eigenvalue weighted by atomic mass is 16.5. The van der Waals surface area contributed by atoms with Gasteiger partial charge in [-0.2, -0.15) is 0 Å². The van der Waals surface area contributed by atoms with Crippen LogP contribution in [-0.2, 0) is 17.6 Å². The van der Waals surface area contributed by atoms with Crippen molar-refractivity contribution in [2.24, 2.45) is 5.73 Å². The fraction of sp³-hybridized carbons (Fsp3) is 0.500. The van der Waals surface area contributed by atoms with Crippen LogP contribution in [0.15, 0.2) is 18.2 Å². The van der Waals surface area contributed by atoms with Crippen LogP contribution in [0.4, 0.5) is 0 Å². The number of ether oxygens (including phenoxy) is 1. The molecule has 0 aliphatic carbocycles. The van der Waals surface area contributed by atoms with Gasteiger partial charge >= 0.3 is 5.97 Å². The van der Waals surface area contributed by atoms with Gasteiger partial charge in [0, 0.05) is 12.8 Å². The predicted octanol–water partition coefficient (Wildman–Crippen LogP) is 1.74. The van der Waals surface area contributed by atoms with Crippen molar-refractivity contribution in [1.29, 1.82) is 0 Å². The summed E-state index contributed by atoms with van der Waals surface area (Å²) >= 11 is 0. The molecule has 1 aliphatic heterocycles. The van der Waals surface area contributed by atoms with Crippen molar-refractivity contribution in [1.82, 2.24) is 0 Å². The van der Waals surface area contributed by atoms with Gasteiger partial charge in [-0.05, 0) is 38.0 Å². The number of carboxylic acids is 1. The molecular formula is C14H19NO3. The Morgan fingerprint density at radius 1 is 1.56 bits per heavy atom. The molecule has 0 bridgehead atoms. The van der Waals surface area contributed by atoms with Crippen molar-refractivity contribution >= 4 is 5.97 Å². The van der Waals surface area contributed by atoms with E-state index in [-0.39, 0.29) is 5.60 Å². The molecule has 1 heterocycles. The minimum absolute atomic E-state index is 0.181. The molecule has 4 nitrogen and oxygen atoms in total. The lowest BCUT2D eigenvalue weighted by Crippen LogP contribution is -2.46. The van der Waals surface area contributed by atoms with E-state index in [1.807, 2.05) is 32.0 Å². The summed E-state index contributed by atoms with van der Waals surface area (Å²) in [5, 5.41) is 9.03. The van der Waals surface area contributed by atoms with Gasteiger partial charge < -0.3 is 15.6 Å². The number of benzene rings is 1. The van der Waals surface area contributed by atoms with Gasteiger partial charge in [0.15, 0.2) is 0 Å². The van der Waals surface area contributed by atoms with Crippen LogP contribution in [0.3, 0.4) is 0 Å². The molecule has 0 fully saturated rings. The summed E-state index contributed by atoms with van der Waals surface area (Å²) in [6, 6.07) is 5.78. The van der Waals surface area contributed by atoms with Crippen LogP contribution in [-0.4, -0.2) is 22.2 Å².